The molecule has 3 aromatic rings. The maximum atomic E-state index is 12.2. The number of anilines is 2. The van der Waals surface area contributed by atoms with E-state index in [2.05, 4.69) is 30.8 Å². The van der Waals surface area contributed by atoms with Crippen LogP contribution in [-0.4, -0.2) is 42.5 Å². The van der Waals surface area contributed by atoms with E-state index in [9.17, 15) is 4.79 Å². The molecular weight excluding hydrogens is 320 g/mol. The van der Waals surface area contributed by atoms with Crippen LogP contribution >= 0.6 is 0 Å². The molecule has 1 amide bonds. The van der Waals surface area contributed by atoms with E-state index >= 15 is 0 Å². The number of hydrogen-bond donors (Lipinski definition) is 2. The molecule has 0 saturated carbocycles. The smallest absolute Gasteiger partial charge is 0.247 e. The van der Waals surface area contributed by atoms with Gasteiger partial charge in [-0.2, -0.15) is 10.2 Å². The van der Waals surface area contributed by atoms with Gasteiger partial charge in [-0.25, -0.2) is 9.97 Å². The Kier molecular flexibility index (Phi) is 4.46. The van der Waals surface area contributed by atoms with E-state index in [0.717, 1.165) is 22.6 Å². The molecule has 9 heteroatoms. The largest absolute Gasteiger partial charge is 0.357 e. The Morgan fingerprint density at radius 1 is 1.20 bits per heavy atom. The molecule has 0 aliphatic heterocycles. The van der Waals surface area contributed by atoms with Gasteiger partial charge < -0.3 is 10.6 Å². The summed E-state index contributed by atoms with van der Waals surface area (Å²) in [6.45, 7) is 3.88. The molecule has 2 N–H and O–H groups in total. The van der Waals surface area contributed by atoms with Crippen LogP contribution in [0.4, 0.5) is 11.8 Å². The molecule has 0 fully saturated rings. The minimum absolute atomic E-state index is 0.104. The summed E-state index contributed by atoms with van der Waals surface area (Å²) in [5, 5.41) is 14.2. The zero-order valence-corrected chi connectivity index (χ0v) is 14.6. The second-order valence-corrected chi connectivity index (χ2v) is 5.74. The van der Waals surface area contributed by atoms with Gasteiger partial charge in [0.2, 0.25) is 11.9 Å². The summed E-state index contributed by atoms with van der Waals surface area (Å²) >= 11 is 0. The van der Waals surface area contributed by atoms with Gasteiger partial charge in [0.15, 0.2) is 0 Å². The van der Waals surface area contributed by atoms with Crippen LogP contribution in [-0.2, 0) is 18.4 Å². The number of nitrogens with one attached hydrogen (secondary N) is 2. The Morgan fingerprint density at radius 2 is 2.00 bits per heavy atom. The molecule has 0 radical (unpaired) electrons. The molecule has 0 aliphatic carbocycles. The van der Waals surface area contributed by atoms with Crippen molar-refractivity contribution in [3.63, 3.8) is 0 Å². The van der Waals surface area contributed by atoms with Crippen molar-refractivity contribution in [3.8, 4) is 11.3 Å². The van der Waals surface area contributed by atoms with E-state index in [1.807, 2.05) is 26.0 Å². The molecule has 0 atom stereocenters. The normalized spacial score (nSPS) is 10.7. The number of hydrogen-bond acceptors (Lipinski definition) is 6. The van der Waals surface area contributed by atoms with Gasteiger partial charge in [0.05, 0.1) is 17.6 Å². The van der Waals surface area contributed by atoms with Crippen LogP contribution in [0.2, 0.25) is 0 Å². The molecule has 3 aromatic heterocycles. The first-order valence-corrected chi connectivity index (χ1v) is 7.81. The minimum atomic E-state index is -0.174. The number of amides is 1. The van der Waals surface area contributed by atoms with Gasteiger partial charge in [-0.1, -0.05) is 0 Å². The number of rotatable bonds is 5. The molecule has 3 rings (SSSR count). The highest BCUT2D eigenvalue weighted by Gasteiger charge is 2.11. The Hall–Kier alpha value is -3.23. The fourth-order valence-corrected chi connectivity index (χ4v) is 2.47. The third kappa shape index (κ3) is 3.82. The van der Waals surface area contributed by atoms with Crippen molar-refractivity contribution in [2.75, 3.05) is 17.7 Å². The topological polar surface area (TPSA) is 103 Å². The van der Waals surface area contributed by atoms with Gasteiger partial charge in [0.1, 0.15) is 12.4 Å². The molecule has 0 saturated heterocycles. The zero-order chi connectivity index (χ0) is 18.0. The summed E-state index contributed by atoms with van der Waals surface area (Å²) in [7, 11) is 3.55. The van der Waals surface area contributed by atoms with Crippen molar-refractivity contribution in [2.45, 2.75) is 20.4 Å². The summed E-state index contributed by atoms with van der Waals surface area (Å²) in [6, 6.07) is 3.69. The van der Waals surface area contributed by atoms with Gasteiger partial charge >= 0.3 is 0 Å². The van der Waals surface area contributed by atoms with Gasteiger partial charge in [-0.05, 0) is 19.9 Å². The number of aromatic nitrogens is 6. The predicted molar refractivity (Wildman–Crippen MR) is 94.1 cm³/mol. The zero-order valence-electron chi connectivity index (χ0n) is 14.6. The second-order valence-electron chi connectivity index (χ2n) is 5.74. The number of carbonyl (C=O) groups is 1. The summed E-state index contributed by atoms with van der Waals surface area (Å²) in [5.41, 5.74) is 3.28. The molecule has 0 bridgehead atoms. The molecule has 9 nitrogen and oxygen atoms in total. The molecule has 3 heterocycles. The first kappa shape index (κ1) is 16.6. The van der Waals surface area contributed by atoms with Crippen LogP contribution in [0.5, 0.6) is 0 Å². The summed E-state index contributed by atoms with van der Waals surface area (Å²) in [6.07, 6.45) is 3.47. The molecular formula is C16H20N8O. The van der Waals surface area contributed by atoms with E-state index in [1.165, 1.54) is 0 Å². The number of carbonyl (C=O) groups excluding carboxylic acids is 1. The Morgan fingerprint density at radius 3 is 2.68 bits per heavy atom. The van der Waals surface area contributed by atoms with Gasteiger partial charge in [-0.3, -0.25) is 14.2 Å². The van der Waals surface area contributed by atoms with Crippen LogP contribution in [0.3, 0.4) is 0 Å². The number of nitrogens with zero attached hydrogens (tertiary/aromatic N) is 6. The van der Waals surface area contributed by atoms with Crippen molar-refractivity contribution >= 4 is 17.7 Å². The lowest BCUT2D eigenvalue weighted by Gasteiger charge is -2.05. The summed E-state index contributed by atoms with van der Waals surface area (Å²) in [4.78, 5) is 20.9. The maximum Gasteiger partial charge on any atom is 0.247 e. The quantitative estimate of drug-likeness (QED) is 0.727. The maximum absolute atomic E-state index is 12.2. The number of aryl methyl sites for hydroxylation is 3. The van der Waals surface area contributed by atoms with Gasteiger partial charge in [0.25, 0.3) is 0 Å². The fourth-order valence-electron chi connectivity index (χ4n) is 2.47. The van der Waals surface area contributed by atoms with Crippen LogP contribution in [0.25, 0.3) is 11.3 Å². The lowest BCUT2D eigenvalue weighted by molar-refractivity contribution is -0.116. The summed E-state index contributed by atoms with van der Waals surface area (Å²) in [5.74, 6) is 1.03. The van der Waals surface area contributed by atoms with Crippen LogP contribution in [0.15, 0.2) is 24.5 Å². The fraction of sp³-hybridized carbons (Fsp3) is 0.312. The van der Waals surface area contributed by atoms with Crippen molar-refractivity contribution in [3.05, 3.63) is 35.9 Å². The minimum Gasteiger partial charge on any atom is -0.357 e. The van der Waals surface area contributed by atoms with Crippen LogP contribution < -0.4 is 10.6 Å². The lowest BCUT2D eigenvalue weighted by atomic mass is 10.2. The van der Waals surface area contributed by atoms with Gasteiger partial charge in [0, 0.05) is 37.6 Å². The molecule has 0 aliphatic rings. The van der Waals surface area contributed by atoms with Crippen molar-refractivity contribution in [1.82, 2.24) is 29.5 Å². The Balaban J connectivity index is 1.72. The highest BCUT2D eigenvalue weighted by atomic mass is 16.2. The van der Waals surface area contributed by atoms with Crippen molar-refractivity contribution < 1.29 is 4.79 Å². The third-order valence-corrected chi connectivity index (χ3v) is 3.58. The van der Waals surface area contributed by atoms with E-state index < -0.39 is 0 Å². The first-order chi connectivity index (χ1) is 11.9. The molecule has 0 aromatic carbocycles. The van der Waals surface area contributed by atoms with E-state index in [1.54, 1.807) is 35.9 Å². The van der Waals surface area contributed by atoms with Crippen LogP contribution in [0.1, 0.15) is 11.4 Å². The third-order valence-electron chi connectivity index (χ3n) is 3.58. The molecule has 25 heavy (non-hydrogen) atoms. The Labute approximate surface area is 145 Å². The first-order valence-electron chi connectivity index (χ1n) is 7.81. The Bertz CT molecular complexity index is 911. The average Bonchev–Trinajstić information content (AvgIpc) is 3.13. The molecule has 0 unspecified atom stereocenters. The lowest BCUT2D eigenvalue weighted by Crippen LogP contribution is -2.20. The van der Waals surface area contributed by atoms with Crippen LogP contribution in [0, 0.1) is 13.8 Å². The molecule has 0 spiro atoms. The standard InChI is InChI=1S/C16H20N8O/c1-10-5-13(20-16(17-3)19-10)12-7-18-24(8-12)9-15(25)21-14-6-11(2)22-23(14)4/h5-8H,9H2,1-4H3,(H,21,25)(H,17,19,20). The molecule has 130 valence electrons. The van der Waals surface area contributed by atoms with E-state index in [4.69, 9.17) is 0 Å². The van der Waals surface area contributed by atoms with Crippen molar-refractivity contribution in [2.24, 2.45) is 7.05 Å². The van der Waals surface area contributed by atoms with E-state index in [-0.39, 0.29) is 12.5 Å². The monoisotopic (exact) mass is 340 g/mol. The SMILES string of the molecule is CNc1nc(C)cc(-c2cnn(CC(=O)Nc3cc(C)nn3C)c2)n1. The second kappa shape index (κ2) is 6.71. The predicted octanol–water partition coefficient (Wildman–Crippen LogP) is 1.37. The highest BCUT2D eigenvalue weighted by molar-refractivity contribution is 5.89. The summed E-state index contributed by atoms with van der Waals surface area (Å²) < 4.78 is 3.20. The van der Waals surface area contributed by atoms with Crippen molar-refractivity contribution in [1.29, 1.82) is 0 Å². The van der Waals surface area contributed by atoms with Gasteiger partial charge in [-0.15, -0.1) is 0 Å². The average molecular weight is 340 g/mol. The van der Waals surface area contributed by atoms with E-state index in [0.29, 0.717) is 11.8 Å². The highest BCUT2D eigenvalue weighted by Crippen LogP contribution is 2.18.